The monoisotopic (exact) mass is 483 g/mol. The van der Waals surface area contributed by atoms with Crippen LogP contribution in [-0.4, -0.2) is 41.4 Å². The van der Waals surface area contributed by atoms with E-state index in [0.29, 0.717) is 23.4 Å². The number of unbranched alkanes of at least 4 members (excludes halogenated alkanes) is 3. The van der Waals surface area contributed by atoms with Gasteiger partial charge < -0.3 is 9.94 Å². The molecule has 5 nitrogen and oxygen atoms in total. The van der Waals surface area contributed by atoms with Crippen molar-refractivity contribution in [2.75, 3.05) is 20.3 Å². The van der Waals surface area contributed by atoms with E-state index in [1.807, 2.05) is 30.1 Å². The first-order valence-corrected chi connectivity index (χ1v) is 11.6. The molecule has 2 unspecified atom stereocenters. The number of hydrogen-bond acceptors (Lipinski definition) is 6. The third-order valence-electron chi connectivity index (χ3n) is 4.95. The zero-order chi connectivity index (χ0) is 20.1. The summed E-state index contributed by atoms with van der Waals surface area (Å²) in [6.07, 6.45) is 6.83. The summed E-state index contributed by atoms with van der Waals surface area (Å²) in [4.78, 5) is 6.26. The average Bonchev–Trinajstić information content (AvgIpc) is 3.23. The zero-order valence-corrected chi connectivity index (χ0v) is 19.5. The Morgan fingerprint density at radius 3 is 2.89 bits per heavy atom. The topological polar surface area (TPSA) is 48.4 Å². The number of benzene rings is 1. The van der Waals surface area contributed by atoms with Gasteiger partial charge in [-0.3, -0.25) is 4.65 Å². The van der Waals surface area contributed by atoms with Crippen LogP contribution in [0.25, 0.3) is 0 Å². The van der Waals surface area contributed by atoms with Crippen molar-refractivity contribution in [2.24, 2.45) is 0 Å². The van der Waals surface area contributed by atoms with Crippen molar-refractivity contribution in [3.8, 4) is 0 Å². The summed E-state index contributed by atoms with van der Waals surface area (Å²) in [6.45, 7) is 3.02. The minimum atomic E-state index is -0.633. The Balaban J connectivity index is 1.75. The van der Waals surface area contributed by atoms with Crippen molar-refractivity contribution < 1.29 is 4.74 Å². The number of nitrogens with zero attached hydrogens (tertiary/aromatic N) is 3. The van der Waals surface area contributed by atoms with Gasteiger partial charge in [0.2, 0.25) is 0 Å². The number of hydrogen-bond donors (Lipinski definition) is 0. The van der Waals surface area contributed by atoms with E-state index in [0.717, 1.165) is 22.2 Å². The van der Waals surface area contributed by atoms with Gasteiger partial charge in [-0.25, -0.2) is 4.90 Å². The van der Waals surface area contributed by atoms with E-state index in [9.17, 15) is 5.21 Å². The lowest BCUT2D eigenvalue weighted by atomic mass is 10.0. The molecule has 2 atom stereocenters. The van der Waals surface area contributed by atoms with Gasteiger partial charge in [0.25, 0.3) is 11.4 Å². The summed E-state index contributed by atoms with van der Waals surface area (Å²) >= 11 is 10.4. The molecule has 3 rings (SSSR count). The fourth-order valence-corrected chi connectivity index (χ4v) is 5.06. The van der Waals surface area contributed by atoms with Gasteiger partial charge in [-0.2, -0.15) is 4.98 Å². The Hall–Kier alpha value is -0.900. The van der Waals surface area contributed by atoms with E-state index in [1.165, 1.54) is 36.2 Å². The van der Waals surface area contributed by atoms with Crippen molar-refractivity contribution in [3.63, 3.8) is 0 Å². The molecule has 1 fully saturated rings. The lowest BCUT2D eigenvalue weighted by molar-refractivity contribution is 0.102. The number of aromatic nitrogens is 1. The standard InChI is InChI=1S/C20H26BrN3O2S2/c1-3-4-5-6-9-15-10-7-8-11-16(15)19(27)26-18-13-23(2)14-24(18,25)20-22-12-17(21)28-20/h7-8,10-12,18H,3-6,9,13-14H2,1-2H3. The number of thiazole rings is 1. The highest BCUT2D eigenvalue weighted by Crippen LogP contribution is 2.36. The maximum Gasteiger partial charge on any atom is 0.291 e. The lowest BCUT2D eigenvalue weighted by Gasteiger charge is -2.39. The third kappa shape index (κ3) is 4.98. The molecule has 0 N–H and O–H groups in total. The van der Waals surface area contributed by atoms with Gasteiger partial charge in [-0.15, -0.1) is 0 Å². The SMILES string of the molecule is CCCCCCc1ccccc1C(=S)OC1CN(C)C[N+]1([O-])c1ncc(Br)s1. The predicted molar refractivity (Wildman–Crippen MR) is 123 cm³/mol. The van der Waals surface area contributed by atoms with Gasteiger partial charge in [0.05, 0.1) is 16.5 Å². The van der Waals surface area contributed by atoms with Gasteiger partial charge in [0, 0.05) is 5.56 Å². The van der Waals surface area contributed by atoms with Crippen molar-refractivity contribution in [1.82, 2.24) is 14.5 Å². The maximum atomic E-state index is 13.6. The molecular weight excluding hydrogens is 458 g/mol. The summed E-state index contributed by atoms with van der Waals surface area (Å²) in [5.74, 6) is 0. The quantitative estimate of drug-likeness (QED) is 0.216. The van der Waals surface area contributed by atoms with Crippen LogP contribution in [0.15, 0.2) is 34.2 Å². The molecule has 152 valence electrons. The van der Waals surface area contributed by atoms with Crippen molar-refractivity contribution >= 4 is 49.7 Å². The van der Waals surface area contributed by atoms with Crippen molar-refractivity contribution in [3.05, 3.63) is 50.6 Å². The molecule has 8 heteroatoms. The summed E-state index contributed by atoms with van der Waals surface area (Å²) in [6, 6.07) is 8.11. The number of quaternary nitrogens is 1. The molecule has 0 spiro atoms. The molecule has 0 saturated carbocycles. The van der Waals surface area contributed by atoms with E-state index >= 15 is 0 Å². The lowest BCUT2D eigenvalue weighted by Crippen LogP contribution is -2.50. The minimum Gasteiger partial charge on any atom is -0.622 e. The summed E-state index contributed by atoms with van der Waals surface area (Å²) in [5.41, 5.74) is 2.12. The number of aryl methyl sites for hydroxylation is 1. The van der Waals surface area contributed by atoms with Crippen LogP contribution in [0.1, 0.15) is 43.7 Å². The summed E-state index contributed by atoms with van der Waals surface area (Å²) in [5, 5.41) is 14.5. The number of hydroxylamine groups is 2. The molecule has 2 heterocycles. The molecule has 0 radical (unpaired) electrons. The number of rotatable bonds is 8. The van der Waals surface area contributed by atoms with Crippen LogP contribution < -0.4 is 4.65 Å². The van der Waals surface area contributed by atoms with Crippen molar-refractivity contribution in [1.29, 1.82) is 0 Å². The molecule has 0 aliphatic carbocycles. The molecule has 0 amide bonds. The van der Waals surface area contributed by atoms with Crippen LogP contribution in [0.4, 0.5) is 5.13 Å². The number of likely N-dealkylation sites (N-methyl/N-ethyl adjacent to an activating group) is 1. The molecule has 1 saturated heterocycles. The van der Waals surface area contributed by atoms with Crippen LogP contribution in [0.2, 0.25) is 0 Å². The van der Waals surface area contributed by atoms with Crippen LogP contribution in [0.5, 0.6) is 0 Å². The number of halogens is 1. The fraction of sp³-hybridized carbons (Fsp3) is 0.500. The van der Waals surface area contributed by atoms with Crippen molar-refractivity contribution in [2.45, 2.75) is 45.3 Å². The van der Waals surface area contributed by atoms with Gasteiger partial charge in [-0.1, -0.05) is 50.5 Å². The van der Waals surface area contributed by atoms with E-state index in [-0.39, 0.29) is 0 Å². The first kappa shape index (κ1) is 21.8. The van der Waals surface area contributed by atoms with Crippen LogP contribution in [0.3, 0.4) is 0 Å². The smallest absolute Gasteiger partial charge is 0.291 e. The molecule has 2 aromatic rings. The maximum absolute atomic E-state index is 13.6. The predicted octanol–water partition coefficient (Wildman–Crippen LogP) is 5.45. The Kier molecular flexibility index (Phi) is 7.58. The Bertz CT molecular complexity index is 816. The molecule has 28 heavy (non-hydrogen) atoms. The van der Waals surface area contributed by atoms with E-state index < -0.39 is 10.9 Å². The van der Waals surface area contributed by atoms with E-state index in [1.54, 1.807) is 6.20 Å². The third-order valence-corrected chi connectivity index (χ3v) is 6.86. The summed E-state index contributed by atoms with van der Waals surface area (Å²) < 4.78 is 6.32. The Morgan fingerprint density at radius 2 is 2.18 bits per heavy atom. The molecule has 1 aromatic heterocycles. The zero-order valence-electron chi connectivity index (χ0n) is 16.3. The first-order valence-electron chi connectivity index (χ1n) is 9.62. The summed E-state index contributed by atoms with van der Waals surface area (Å²) in [7, 11) is 1.92. The first-order chi connectivity index (χ1) is 13.4. The van der Waals surface area contributed by atoms with E-state index in [2.05, 4.69) is 33.9 Å². The normalized spacial score (nSPS) is 22.5. The molecule has 1 aliphatic heterocycles. The highest BCUT2D eigenvalue weighted by atomic mass is 79.9. The number of thiocarbonyl (C=S) groups is 1. The van der Waals surface area contributed by atoms with Crippen LogP contribution in [0, 0.1) is 5.21 Å². The van der Waals surface area contributed by atoms with Gasteiger partial charge >= 0.3 is 0 Å². The molecule has 1 aromatic carbocycles. The Morgan fingerprint density at radius 1 is 1.39 bits per heavy atom. The largest absolute Gasteiger partial charge is 0.622 e. The second-order valence-corrected chi connectivity index (χ2v) is 10.0. The second kappa shape index (κ2) is 9.73. The Labute approximate surface area is 184 Å². The average molecular weight is 484 g/mol. The van der Waals surface area contributed by atoms with Crippen LogP contribution in [-0.2, 0) is 11.2 Å². The highest BCUT2D eigenvalue weighted by Gasteiger charge is 2.44. The minimum absolute atomic E-state index is 0.298. The molecule has 1 aliphatic rings. The highest BCUT2D eigenvalue weighted by molar-refractivity contribution is 9.11. The number of ether oxygens (including phenoxy) is 1. The molecule has 0 bridgehead atoms. The van der Waals surface area contributed by atoms with Gasteiger partial charge in [0.1, 0.15) is 6.67 Å². The van der Waals surface area contributed by atoms with Gasteiger partial charge in [-0.05, 0) is 64.9 Å². The second-order valence-electron chi connectivity index (χ2n) is 7.25. The van der Waals surface area contributed by atoms with Gasteiger partial charge in [0.15, 0.2) is 5.05 Å². The fourth-order valence-electron chi connectivity index (χ4n) is 3.50. The van der Waals surface area contributed by atoms with Crippen LogP contribution >= 0.6 is 39.5 Å². The van der Waals surface area contributed by atoms with E-state index in [4.69, 9.17) is 17.0 Å². The molecular formula is C20H26BrN3O2S2.